The van der Waals surface area contributed by atoms with E-state index in [-0.39, 0.29) is 36.1 Å². The average molecular weight is 495 g/mol. The standard InChI is InChI=1S/C18H27ClN4O2.HI/c1-18(2,3)25-17(24)22-15-9-10-23(12-15)16(20-4)21-11-13-5-7-14(19)8-6-13;/h5-8,15H,9-12H2,1-4H3,(H,20,21)(H,22,24);1H. The van der Waals surface area contributed by atoms with Crippen LogP contribution in [0.3, 0.4) is 0 Å². The number of guanidine groups is 1. The molecule has 0 saturated carbocycles. The fourth-order valence-electron chi connectivity index (χ4n) is 2.66. The van der Waals surface area contributed by atoms with Gasteiger partial charge in [-0.2, -0.15) is 0 Å². The zero-order valence-electron chi connectivity index (χ0n) is 15.7. The summed E-state index contributed by atoms with van der Waals surface area (Å²) in [6, 6.07) is 7.78. The maximum absolute atomic E-state index is 11.9. The number of hydrogen-bond acceptors (Lipinski definition) is 3. The van der Waals surface area contributed by atoms with Gasteiger partial charge in [0.2, 0.25) is 0 Å². The van der Waals surface area contributed by atoms with Crippen LogP contribution in [-0.2, 0) is 11.3 Å². The Morgan fingerprint density at radius 1 is 1.35 bits per heavy atom. The summed E-state index contributed by atoms with van der Waals surface area (Å²) in [5.41, 5.74) is 0.645. The molecule has 1 aliphatic rings. The Morgan fingerprint density at radius 2 is 2.00 bits per heavy atom. The number of nitrogens with zero attached hydrogens (tertiary/aromatic N) is 2. The smallest absolute Gasteiger partial charge is 0.407 e. The number of hydrogen-bond donors (Lipinski definition) is 2. The molecule has 8 heteroatoms. The van der Waals surface area contributed by atoms with Crippen molar-refractivity contribution in [2.45, 2.75) is 45.4 Å². The first kappa shape index (κ1) is 22.8. The Hall–Kier alpha value is -1.22. The number of alkyl carbamates (subject to hydrolysis) is 1. The number of benzene rings is 1. The van der Waals surface area contributed by atoms with E-state index in [4.69, 9.17) is 16.3 Å². The van der Waals surface area contributed by atoms with E-state index in [0.717, 1.165) is 29.5 Å². The van der Waals surface area contributed by atoms with Gasteiger partial charge in [0.25, 0.3) is 0 Å². The number of carbonyl (C=O) groups excluding carboxylic acids is 1. The molecule has 0 aliphatic carbocycles. The monoisotopic (exact) mass is 494 g/mol. The van der Waals surface area contributed by atoms with Crippen LogP contribution in [-0.4, -0.2) is 48.7 Å². The summed E-state index contributed by atoms with van der Waals surface area (Å²) in [6.45, 7) is 7.78. The SMILES string of the molecule is CN=C(NCc1ccc(Cl)cc1)N1CCC(NC(=O)OC(C)(C)C)C1.I. The van der Waals surface area contributed by atoms with Crippen LogP contribution in [0, 0.1) is 0 Å². The molecule has 1 saturated heterocycles. The van der Waals surface area contributed by atoms with Gasteiger partial charge in [0.15, 0.2) is 5.96 Å². The van der Waals surface area contributed by atoms with Gasteiger partial charge in [-0.25, -0.2) is 4.79 Å². The van der Waals surface area contributed by atoms with Crippen molar-refractivity contribution in [2.75, 3.05) is 20.1 Å². The molecule has 1 heterocycles. The fraction of sp³-hybridized carbons (Fsp3) is 0.556. The Kier molecular flexibility index (Phi) is 8.95. The molecule has 146 valence electrons. The van der Waals surface area contributed by atoms with E-state index in [9.17, 15) is 4.79 Å². The number of rotatable bonds is 3. The molecule has 1 unspecified atom stereocenters. The third-order valence-electron chi connectivity index (χ3n) is 3.78. The molecule has 1 atom stereocenters. The molecule has 1 aliphatic heterocycles. The molecule has 1 fully saturated rings. The lowest BCUT2D eigenvalue weighted by Crippen LogP contribution is -2.44. The maximum Gasteiger partial charge on any atom is 0.407 e. The van der Waals surface area contributed by atoms with Gasteiger partial charge in [0, 0.05) is 31.7 Å². The molecule has 26 heavy (non-hydrogen) atoms. The zero-order valence-corrected chi connectivity index (χ0v) is 18.8. The van der Waals surface area contributed by atoms with E-state index in [1.54, 1.807) is 7.05 Å². The van der Waals surface area contributed by atoms with Crippen LogP contribution < -0.4 is 10.6 Å². The lowest BCUT2D eigenvalue weighted by Gasteiger charge is -2.23. The summed E-state index contributed by atoms with van der Waals surface area (Å²) in [5.74, 6) is 0.823. The molecular weight excluding hydrogens is 467 g/mol. The molecule has 0 spiro atoms. The van der Waals surface area contributed by atoms with Gasteiger partial charge in [-0.05, 0) is 44.9 Å². The summed E-state index contributed by atoms with van der Waals surface area (Å²) in [6.07, 6.45) is 0.490. The van der Waals surface area contributed by atoms with Crippen molar-refractivity contribution in [3.05, 3.63) is 34.9 Å². The summed E-state index contributed by atoms with van der Waals surface area (Å²) in [7, 11) is 1.76. The second-order valence-electron chi connectivity index (χ2n) is 7.11. The first-order valence-corrected chi connectivity index (χ1v) is 8.84. The van der Waals surface area contributed by atoms with E-state index in [1.807, 2.05) is 45.0 Å². The highest BCUT2D eigenvalue weighted by Crippen LogP contribution is 2.13. The van der Waals surface area contributed by atoms with Gasteiger partial charge in [0.05, 0.1) is 6.04 Å². The molecule has 0 radical (unpaired) electrons. The van der Waals surface area contributed by atoms with Crippen molar-refractivity contribution >= 4 is 47.6 Å². The Bertz CT molecular complexity index is 617. The van der Waals surface area contributed by atoms with Gasteiger partial charge in [-0.3, -0.25) is 4.99 Å². The summed E-state index contributed by atoms with van der Waals surface area (Å²) >= 11 is 5.91. The molecule has 0 bridgehead atoms. The van der Waals surface area contributed by atoms with E-state index in [2.05, 4.69) is 20.5 Å². The first-order chi connectivity index (χ1) is 11.8. The van der Waals surface area contributed by atoms with Crippen LogP contribution >= 0.6 is 35.6 Å². The Morgan fingerprint density at radius 3 is 2.58 bits per heavy atom. The van der Waals surface area contributed by atoms with Crippen molar-refractivity contribution in [3.63, 3.8) is 0 Å². The van der Waals surface area contributed by atoms with Crippen LogP contribution in [0.15, 0.2) is 29.3 Å². The third-order valence-corrected chi connectivity index (χ3v) is 4.04. The van der Waals surface area contributed by atoms with Crippen molar-refractivity contribution in [3.8, 4) is 0 Å². The summed E-state index contributed by atoms with van der Waals surface area (Å²) in [5, 5.41) is 7.00. The van der Waals surface area contributed by atoms with Crippen LogP contribution in [0.2, 0.25) is 5.02 Å². The minimum atomic E-state index is -0.488. The van der Waals surface area contributed by atoms with Crippen molar-refractivity contribution in [1.29, 1.82) is 0 Å². The predicted molar refractivity (Wildman–Crippen MR) is 116 cm³/mol. The van der Waals surface area contributed by atoms with Crippen LogP contribution in [0.4, 0.5) is 4.79 Å². The van der Waals surface area contributed by atoms with Crippen LogP contribution in [0.25, 0.3) is 0 Å². The number of nitrogens with one attached hydrogen (secondary N) is 2. The van der Waals surface area contributed by atoms with Gasteiger partial charge in [-0.15, -0.1) is 24.0 Å². The van der Waals surface area contributed by atoms with E-state index < -0.39 is 5.60 Å². The molecule has 1 aromatic rings. The van der Waals surface area contributed by atoms with Crippen LogP contribution in [0.5, 0.6) is 0 Å². The summed E-state index contributed by atoms with van der Waals surface area (Å²) < 4.78 is 5.31. The molecule has 2 N–H and O–H groups in total. The van der Waals surface area contributed by atoms with Gasteiger partial charge in [0.1, 0.15) is 5.60 Å². The van der Waals surface area contributed by atoms with Crippen molar-refractivity contribution in [2.24, 2.45) is 4.99 Å². The minimum absolute atomic E-state index is 0. The maximum atomic E-state index is 11.9. The number of amides is 1. The highest BCUT2D eigenvalue weighted by Gasteiger charge is 2.27. The minimum Gasteiger partial charge on any atom is -0.444 e. The van der Waals surface area contributed by atoms with E-state index in [0.29, 0.717) is 13.1 Å². The number of carbonyl (C=O) groups is 1. The predicted octanol–water partition coefficient (Wildman–Crippen LogP) is 3.63. The molecule has 1 aromatic carbocycles. The topological polar surface area (TPSA) is 66.0 Å². The molecule has 2 rings (SSSR count). The van der Waals surface area contributed by atoms with Gasteiger partial charge in [-0.1, -0.05) is 23.7 Å². The van der Waals surface area contributed by atoms with Crippen LogP contribution in [0.1, 0.15) is 32.8 Å². The Balaban J connectivity index is 0.00000338. The first-order valence-electron chi connectivity index (χ1n) is 8.46. The highest BCUT2D eigenvalue weighted by atomic mass is 127. The number of halogens is 2. The third kappa shape index (κ3) is 7.57. The lowest BCUT2D eigenvalue weighted by atomic mass is 10.2. The molecule has 6 nitrogen and oxygen atoms in total. The quantitative estimate of drug-likeness (QED) is 0.383. The average Bonchev–Trinajstić information content (AvgIpc) is 2.96. The Labute approximate surface area is 177 Å². The summed E-state index contributed by atoms with van der Waals surface area (Å²) in [4.78, 5) is 18.4. The molecular formula is C18H28ClIN4O2. The van der Waals surface area contributed by atoms with E-state index >= 15 is 0 Å². The number of ether oxygens (including phenoxy) is 1. The van der Waals surface area contributed by atoms with Gasteiger partial charge >= 0.3 is 6.09 Å². The second kappa shape index (κ2) is 10.2. The lowest BCUT2D eigenvalue weighted by molar-refractivity contribution is 0.0507. The number of aliphatic imine (C=N–C) groups is 1. The molecule has 1 amide bonds. The van der Waals surface area contributed by atoms with E-state index in [1.165, 1.54) is 0 Å². The second-order valence-corrected chi connectivity index (χ2v) is 7.54. The molecule has 0 aromatic heterocycles. The fourth-order valence-corrected chi connectivity index (χ4v) is 2.79. The largest absolute Gasteiger partial charge is 0.444 e. The normalized spacial score (nSPS) is 17.5. The van der Waals surface area contributed by atoms with Crippen molar-refractivity contribution < 1.29 is 9.53 Å². The highest BCUT2D eigenvalue weighted by molar-refractivity contribution is 14.0. The van der Waals surface area contributed by atoms with Gasteiger partial charge < -0.3 is 20.3 Å². The van der Waals surface area contributed by atoms with Crippen molar-refractivity contribution in [1.82, 2.24) is 15.5 Å². The number of likely N-dealkylation sites (tertiary alicyclic amines) is 1. The zero-order chi connectivity index (χ0) is 18.4.